The van der Waals surface area contributed by atoms with Crippen LogP contribution in [0.15, 0.2) is 24.3 Å². The summed E-state index contributed by atoms with van der Waals surface area (Å²) in [5.74, 6) is 1.12. The molecule has 1 aliphatic rings. The van der Waals surface area contributed by atoms with Crippen molar-refractivity contribution >= 4 is 42.4 Å². The van der Waals surface area contributed by atoms with E-state index in [-0.39, 0.29) is 34.7 Å². The zero-order valence-corrected chi connectivity index (χ0v) is 20.6. The minimum Gasteiger partial charge on any atom is -0.462 e. The number of nitrogens with zero attached hydrogens (tertiary/aromatic N) is 1. The smallest absolute Gasteiger partial charge is 0.340 e. The second-order valence-electron chi connectivity index (χ2n) is 9.66. The van der Waals surface area contributed by atoms with E-state index >= 15 is 4.39 Å². The SMILES string of the molecule is Cc1cc(C#C[Si](C)(C)C)ccc1Nc1c(C(=O)OCC2CC2)cc2[nH]c(C(N)=O)nc2c1F. The Balaban J connectivity index is 1.74. The summed E-state index contributed by atoms with van der Waals surface area (Å²) in [6, 6.07) is 6.99. The number of primary amides is 1. The Hall–Kier alpha value is -3.64. The number of anilines is 2. The number of hydrogen-bond acceptors (Lipinski definition) is 5. The normalized spacial score (nSPS) is 13.3. The fourth-order valence-corrected chi connectivity index (χ4v) is 3.86. The molecule has 9 heteroatoms. The van der Waals surface area contributed by atoms with Crippen LogP contribution in [-0.4, -0.2) is 36.5 Å². The Bertz CT molecular complexity index is 1360. The Morgan fingerprint density at radius 3 is 2.65 bits per heavy atom. The molecule has 0 bridgehead atoms. The lowest BCUT2D eigenvalue weighted by Gasteiger charge is -2.15. The van der Waals surface area contributed by atoms with Gasteiger partial charge in [0, 0.05) is 11.3 Å². The molecular formula is C25H27FN4O3Si. The molecule has 7 nitrogen and oxygen atoms in total. The second kappa shape index (κ2) is 8.95. The average Bonchev–Trinajstić information content (AvgIpc) is 3.49. The van der Waals surface area contributed by atoms with Gasteiger partial charge < -0.3 is 20.8 Å². The maximum absolute atomic E-state index is 15.6. The molecule has 1 saturated carbocycles. The van der Waals surface area contributed by atoms with Gasteiger partial charge >= 0.3 is 5.97 Å². The van der Waals surface area contributed by atoms with E-state index in [2.05, 4.69) is 46.4 Å². The molecule has 1 heterocycles. The molecule has 4 N–H and O–H groups in total. The van der Waals surface area contributed by atoms with Crippen molar-refractivity contribution in [2.45, 2.75) is 39.4 Å². The first kappa shape index (κ1) is 23.5. The molecular weight excluding hydrogens is 451 g/mol. The van der Waals surface area contributed by atoms with Crippen LogP contribution in [0.1, 0.15) is 44.9 Å². The van der Waals surface area contributed by atoms with E-state index < -0.39 is 25.8 Å². The predicted molar refractivity (Wildman–Crippen MR) is 132 cm³/mol. The number of aromatic amines is 1. The number of carbonyl (C=O) groups excluding carboxylic acids is 2. The Kier molecular flexibility index (Phi) is 6.19. The number of fused-ring (bicyclic) bond motifs is 1. The highest BCUT2D eigenvalue weighted by Gasteiger charge is 2.27. The van der Waals surface area contributed by atoms with Crippen molar-refractivity contribution in [2.75, 3.05) is 11.9 Å². The van der Waals surface area contributed by atoms with Crippen molar-refractivity contribution in [3.8, 4) is 11.5 Å². The van der Waals surface area contributed by atoms with E-state index in [1.807, 2.05) is 19.1 Å². The minimum absolute atomic E-state index is 0.00678. The van der Waals surface area contributed by atoms with E-state index in [4.69, 9.17) is 10.5 Å². The van der Waals surface area contributed by atoms with Crippen molar-refractivity contribution in [2.24, 2.45) is 11.7 Å². The zero-order valence-electron chi connectivity index (χ0n) is 19.6. The molecule has 4 rings (SSSR count). The summed E-state index contributed by atoms with van der Waals surface area (Å²) in [5.41, 5.74) is 11.0. The van der Waals surface area contributed by atoms with Gasteiger partial charge in [0.2, 0.25) is 0 Å². The van der Waals surface area contributed by atoms with Gasteiger partial charge in [-0.2, -0.15) is 0 Å². The van der Waals surface area contributed by atoms with Crippen LogP contribution in [0.4, 0.5) is 15.8 Å². The summed E-state index contributed by atoms with van der Waals surface area (Å²) >= 11 is 0. The summed E-state index contributed by atoms with van der Waals surface area (Å²) in [6.45, 7) is 8.68. The molecule has 2 aromatic carbocycles. The summed E-state index contributed by atoms with van der Waals surface area (Å²) in [5, 5.41) is 3.04. The largest absolute Gasteiger partial charge is 0.462 e. The van der Waals surface area contributed by atoms with Crippen LogP contribution in [0, 0.1) is 30.1 Å². The van der Waals surface area contributed by atoms with E-state index in [0.29, 0.717) is 11.6 Å². The minimum atomic E-state index is -1.52. The van der Waals surface area contributed by atoms with Gasteiger partial charge in [-0.25, -0.2) is 14.2 Å². The number of nitrogens with two attached hydrogens (primary N) is 1. The van der Waals surface area contributed by atoms with E-state index in [9.17, 15) is 9.59 Å². The number of imidazole rings is 1. The van der Waals surface area contributed by atoms with Crippen LogP contribution >= 0.6 is 0 Å². The molecule has 0 atom stereocenters. The molecule has 176 valence electrons. The van der Waals surface area contributed by atoms with Gasteiger partial charge in [-0.15, -0.1) is 5.54 Å². The first-order valence-electron chi connectivity index (χ1n) is 11.1. The predicted octanol–water partition coefficient (Wildman–Crippen LogP) is 4.65. The lowest BCUT2D eigenvalue weighted by atomic mass is 10.1. The molecule has 1 aromatic heterocycles. The number of ether oxygens (including phenoxy) is 1. The topological polar surface area (TPSA) is 110 Å². The number of benzene rings is 2. The number of H-pyrrole nitrogens is 1. The Labute approximate surface area is 198 Å². The van der Waals surface area contributed by atoms with Crippen LogP contribution in [0.5, 0.6) is 0 Å². The molecule has 1 amide bonds. The first-order valence-corrected chi connectivity index (χ1v) is 14.6. The first-order chi connectivity index (χ1) is 16.0. The fraction of sp³-hybridized carbons (Fsp3) is 0.320. The van der Waals surface area contributed by atoms with Gasteiger partial charge in [0.15, 0.2) is 11.6 Å². The highest BCUT2D eigenvalue weighted by molar-refractivity contribution is 6.83. The maximum atomic E-state index is 15.6. The van der Waals surface area contributed by atoms with Crippen LogP contribution < -0.4 is 11.1 Å². The molecule has 34 heavy (non-hydrogen) atoms. The third-order valence-corrected chi connectivity index (χ3v) is 6.26. The number of aryl methyl sites for hydroxylation is 1. The number of carbonyl (C=O) groups is 2. The van der Waals surface area contributed by atoms with Gasteiger partial charge in [0.1, 0.15) is 13.6 Å². The quantitative estimate of drug-likeness (QED) is 0.271. The van der Waals surface area contributed by atoms with Crippen LogP contribution in [-0.2, 0) is 4.74 Å². The second-order valence-corrected chi connectivity index (χ2v) is 14.4. The van der Waals surface area contributed by atoms with Crippen molar-refractivity contribution in [3.63, 3.8) is 0 Å². The highest BCUT2D eigenvalue weighted by atomic mass is 28.3. The Morgan fingerprint density at radius 1 is 1.29 bits per heavy atom. The maximum Gasteiger partial charge on any atom is 0.340 e. The summed E-state index contributed by atoms with van der Waals surface area (Å²) < 4.78 is 21.0. The highest BCUT2D eigenvalue weighted by Crippen LogP contribution is 2.33. The molecule has 0 radical (unpaired) electrons. The van der Waals surface area contributed by atoms with Crippen molar-refractivity contribution in [3.05, 3.63) is 52.6 Å². The van der Waals surface area contributed by atoms with E-state index in [1.165, 1.54) is 6.07 Å². The van der Waals surface area contributed by atoms with Gasteiger partial charge in [-0.3, -0.25) is 4.79 Å². The number of hydrogen-bond donors (Lipinski definition) is 3. The lowest BCUT2D eigenvalue weighted by molar-refractivity contribution is 0.0487. The third kappa shape index (κ3) is 5.29. The molecule has 1 fully saturated rings. The lowest BCUT2D eigenvalue weighted by Crippen LogP contribution is -2.16. The van der Waals surface area contributed by atoms with E-state index in [0.717, 1.165) is 24.0 Å². The van der Waals surface area contributed by atoms with Crippen LogP contribution in [0.25, 0.3) is 11.0 Å². The van der Waals surface area contributed by atoms with Gasteiger partial charge in [0.25, 0.3) is 5.91 Å². The van der Waals surface area contributed by atoms with Crippen molar-refractivity contribution in [1.82, 2.24) is 9.97 Å². The fourth-order valence-electron chi connectivity index (χ4n) is 3.34. The van der Waals surface area contributed by atoms with Crippen molar-refractivity contribution in [1.29, 1.82) is 0 Å². The molecule has 3 aromatic rings. The molecule has 0 aliphatic heterocycles. The molecule has 0 saturated heterocycles. The van der Waals surface area contributed by atoms with Gasteiger partial charge in [-0.05, 0) is 55.5 Å². The monoisotopic (exact) mass is 478 g/mol. The number of halogens is 1. The van der Waals surface area contributed by atoms with Gasteiger partial charge in [0.05, 0.1) is 23.4 Å². The van der Waals surface area contributed by atoms with E-state index in [1.54, 1.807) is 6.07 Å². The number of aromatic nitrogens is 2. The van der Waals surface area contributed by atoms with Crippen LogP contribution in [0.2, 0.25) is 19.6 Å². The third-order valence-electron chi connectivity index (χ3n) is 5.39. The summed E-state index contributed by atoms with van der Waals surface area (Å²) in [7, 11) is -1.52. The number of esters is 1. The average molecular weight is 479 g/mol. The van der Waals surface area contributed by atoms with Crippen molar-refractivity contribution < 1.29 is 18.7 Å². The van der Waals surface area contributed by atoms with Gasteiger partial charge in [-0.1, -0.05) is 25.6 Å². The van der Waals surface area contributed by atoms with Crippen LogP contribution in [0.3, 0.4) is 0 Å². The Morgan fingerprint density at radius 2 is 2.03 bits per heavy atom. The summed E-state index contributed by atoms with van der Waals surface area (Å²) in [6.07, 6.45) is 2.03. The molecule has 0 spiro atoms. The summed E-state index contributed by atoms with van der Waals surface area (Å²) in [4.78, 5) is 31.1. The number of amides is 1. The molecule has 1 aliphatic carbocycles. The molecule has 0 unspecified atom stereocenters. The zero-order chi connectivity index (χ0) is 24.6. The number of nitrogens with one attached hydrogen (secondary N) is 2. The standard InChI is InChI=1S/C25H27FN4O3Si/c1-14-11-15(9-10-34(2,3)4)7-8-18(14)28-21-17(25(32)33-13-16-5-6-16)12-19-22(20(21)26)30-24(29-19)23(27)31/h7-8,11-12,16,28H,5-6,13H2,1-4H3,(H2,27,31)(H,29,30). The number of rotatable bonds is 6.